The number of nitrogens with zero attached hydrogens (tertiary/aromatic N) is 1. The van der Waals surface area contributed by atoms with Gasteiger partial charge in [-0.25, -0.2) is 4.68 Å². The van der Waals surface area contributed by atoms with Gasteiger partial charge in [0, 0.05) is 5.41 Å². The molecule has 4 heteroatoms. The van der Waals surface area contributed by atoms with Crippen molar-refractivity contribution in [2.75, 3.05) is 0 Å². The lowest BCUT2D eigenvalue weighted by atomic mass is 9.93. The fourth-order valence-electron chi connectivity index (χ4n) is 1.67. The van der Waals surface area contributed by atoms with Gasteiger partial charge in [0.05, 0.1) is 11.4 Å². The first-order valence-corrected chi connectivity index (χ1v) is 6.27. The van der Waals surface area contributed by atoms with Gasteiger partial charge >= 0.3 is 0 Å². The first-order valence-electron chi connectivity index (χ1n) is 5.47. The average Bonchev–Trinajstić information content (AvgIpc) is 2.57. The highest BCUT2D eigenvalue weighted by atomic mass is 79.9. The van der Waals surface area contributed by atoms with Gasteiger partial charge in [0.15, 0.2) is 0 Å². The molecule has 0 bridgehead atoms. The Kier molecular flexibility index (Phi) is 3.00. The van der Waals surface area contributed by atoms with Crippen molar-refractivity contribution >= 4 is 15.9 Å². The van der Waals surface area contributed by atoms with E-state index in [-0.39, 0.29) is 11.0 Å². The summed E-state index contributed by atoms with van der Waals surface area (Å²) in [4.78, 5) is 12.1. The first-order chi connectivity index (χ1) is 7.91. The molecule has 0 radical (unpaired) electrons. The van der Waals surface area contributed by atoms with Crippen molar-refractivity contribution < 1.29 is 0 Å². The third-order valence-electron chi connectivity index (χ3n) is 2.60. The lowest BCUT2D eigenvalue weighted by Crippen LogP contribution is -2.14. The molecule has 3 nitrogen and oxygen atoms in total. The molecule has 0 aliphatic heterocycles. The second kappa shape index (κ2) is 4.18. The first kappa shape index (κ1) is 12.2. The van der Waals surface area contributed by atoms with Crippen molar-refractivity contribution in [1.29, 1.82) is 0 Å². The lowest BCUT2D eigenvalue weighted by molar-refractivity contribution is 0.557. The summed E-state index contributed by atoms with van der Waals surface area (Å²) in [6, 6.07) is 9.55. The van der Waals surface area contributed by atoms with Gasteiger partial charge in [0.2, 0.25) is 0 Å². The number of halogens is 1. The topological polar surface area (TPSA) is 37.8 Å². The number of aromatic amines is 1. The van der Waals surface area contributed by atoms with Gasteiger partial charge in [0.25, 0.3) is 5.56 Å². The third kappa shape index (κ3) is 2.22. The van der Waals surface area contributed by atoms with Gasteiger partial charge in [0.1, 0.15) is 4.47 Å². The summed E-state index contributed by atoms with van der Waals surface area (Å²) >= 11 is 3.37. The van der Waals surface area contributed by atoms with Gasteiger partial charge in [-0.2, -0.15) is 0 Å². The number of para-hydroxylation sites is 1. The number of hydrogen-bond acceptors (Lipinski definition) is 1. The van der Waals surface area contributed by atoms with E-state index in [0.29, 0.717) is 4.47 Å². The van der Waals surface area contributed by atoms with Gasteiger partial charge in [-0.05, 0) is 28.1 Å². The molecule has 0 amide bonds. The van der Waals surface area contributed by atoms with Crippen LogP contribution in [-0.2, 0) is 5.41 Å². The van der Waals surface area contributed by atoms with E-state index < -0.39 is 0 Å². The normalized spacial score (nSPS) is 11.8. The minimum Gasteiger partial charge on any atom is -0.293 e. The van der Waals surface area contributed by atoms with Crippen LogP contribution in [0, 0.1) is 0 Å². The van der Waals surface area contributed by atoms with Crippen molar-refractivity contribution in [3.8, 4) is 5.69 Å². The number of rotatable bonds is 1. The Morgan fingerprint density at radius 3 is 2.24 bits per heavy atom. The fraction of sp³-hybridized carbons (Fsp3) is 0.308. The zero-order chi connectivity index (χ0) is 12.6. The van der Waals surface area contributed by atoms with Gasteiger partial charge < -0.3 is 0 Å². The van der Waals surface area contributed by atoms with Crippen molar-refractivity contribution in [3.05, 3.63) is 50.9 Å². The van der Waals surface area contributed by atoms with Gasteiger partial charge in [-0.3, -0.25) is 9.89 Å². The highest BCUT2D eigenvalue weighted by Gasteiger charge is 2.23. The maximum absolute atomic E-state index is 12.1. The minimum absolute atomic E-state index is 0.0545. The molecule has 0 unspecified atom stereocenters. The maximum atomic E-state index is 12.1. The molecule has 17 heavy (non-hydrogen) atoms. The summed E-state index contributed by atoms with van der Waals surface area (Å²) in [5, 5.41) is 3.16. The second-order valence-electron chi connectivity index (χ2n) is 5.03. The van der Waals surface area contributed by atoms with Crippen LogP contribution >= 0.6 is 15.9 Å². The highest BCUT2D eigenvalue weighted by molar-refractivity contribution is 9.10. The molecule has 2 aromatic rings. The van der Waals surface area contributed by atoms with E-state index in [1.165, 1.54) is 0 Å². The lowest BCUT2D eigenvalue weighted by Gasteiger charge is -2.16. The molecule has 90 valence electrons. The molecule has 0 spiro atoms. The zero-order valence-electron chi connectivity index (χ0n) is 10.1. The molecule has 1 aromatic carbocycles. The SMILES string of the molecule is CC(C)(C)c1[nH]n(-c2ccccc2)c(=O)c1Br. The zero-order valence-corrected chi connectivity index (χ0v) is 11.7. The monoisotopic (exact) mass is 294 g/mol. The molecule has 1 heterocycles. The molecule has 0 fully saturated rings. The molecule has 1 aromatic heterocycles. The number of aromatic nitrogens is 2. The maximum Gasteiger partial charge on any atom is 0.285 e. The summed E-state index contributed by atoms with van der Waals surface area (Å²) < 4.78 is 2.17. The van der Waals surface area contributed by atoms with Crippen molar-refractivity contribution in [2.45, 2.75) is 26.2 Å². The van der Waals surface area contributed by atoms with Crippen molar-refractivity contribution in [3.63, 3.8) is 0 Å². The van der Waals surface area contributed by atoms with E-state index in [1.807, 2.05) is 30.3 Å². The van der Waals surface area contributed by atoms with Crippen LogP contribution in [0.15, 0.2) is 39.6 Å². The smallest absolute Gasteiger partial charge is 0.285 e. The van der Waals surface area contributed by atoms with Crippen LogP contribution in [0.25, 0.3) is 5.69 Å². The van der Waals surface area contributed by atoms with Crippen LogP contribution in [0.2, 0.25) is 0 Å². The summed E-state index contributed by atoms with van der Waals surface area (Å²) in [5.41, 5.74) is 1.60. The van der Waals surface area contributed by atoms with Crippen LogP contribution in [0.3, 0.4) is 0 Å². The molecule has 1 N–H and O–H groups in total. The molecule has 0 saturated carbocycles. The van der Waals surface area contributed by atoms with Gasteiger partial charge in [-0.1, -0.05) is 39.0 Å². The Bertz CT molecular complexity index is 576. The molecule has 0 aliphatic carbocycles. The Labute approximate surface area is 109 Å². The number of H-pyrrole nitrogens is 1. The predicted molar refractivity (Wildman–Crippen MR) is 72.8 cm³/mol. The van der Waals surface area contributed by atoms with E-state index in [2.05, 4.69) is 41.8 Å². The highest BCUT2D eigenvalue weighted by Crippen LogP contribution is 2.26. The van der Waals surface area contributed by atoms with E-state index in [9.17, 15) is 4.79 Å². The molecule has 0 saturated heterocycles. The second-order valence-corrected chi connectivity index (χ2v) is 5.82. The Hall–Kier alpha value is -1.29. The van der Waals surface area contributed by atoms with Crippen molar-refractivity contribution in [1.82, 2.24) is 9.78 Å². The Morgan fingerprint density at radius 2 is 1.76 bits per heavy atom. The van der Waals surface area contributed by atoms with Crippen LogP contribution in [0.5, 0.6) is 0 Å². The van der Waals surface area contributed by atoms with E-state index in [4.69, 9.17) is 0 Å². The predicted octanol–water partition coefficient (Wildman–Crippen LogP) is 3.23. The van der Waals surface area contributed by atoms with Crippen LogP contribution < -0.4 is 5.56 Å². The standard InChI is InChI=1S/C13H15BrN2O/c1-13(2,3)11-10(14)12(17)16(15-11)9-7-5-4-6-8-9/h4-8,15H,1-3H3. The number of benzene rings is 1. The van der Waals surface area contributed by atoms with Crippen molar-refractivity contribution in [2.24, 2.45) is 0 Å². The number of nitrogens with one attached hydrogen (secondary N) is 1. The largest absolute Gasteiger partial charge is 0.293 e. The molecule has 0 atom stereocenters. The molecule has 2 rings (SSSR count). The van der Waals surface area contributed by atoms with E-state index >= 15 is 0 Å². The molecule has 0 aliphatic rings. The van der Waals surface area contributed by atoms with Crippen LogP contribution in [0.4, 0.5) is 0 Å². The van der Waals surface area contributed by atoms with Crippen LogP contribution in [-0.4, -0.2) is 9.78 Å². The molecular formula is C13H15BrN2O. The van der Waals surface area contributed by atoms with Crippen LogP contribution in [0.1, 0.15) is 26.5 Å². The fourth-order valence-corrected chi connectivity index (χ4v) is 2.53. The van der Waals surface area contributed by atoms with E-state index in [1.54, 1.807) is 4.68 Å². The summed E-state index contributed by atoms with van der Waals surface area (Å²) in [6.45, 7) is 6.20. The third-order valence-corrected chi connectivity index (χ3v) is 3.33. The Morgan fingerprint density at radius 1 is 1.18 bits per heavy atom. The molecular weight excluding hydrogens is 280 g/mol. The summed E-state index contributed by atoms with van der Waals surface area (Å²) in [5.74, 6) is 0. The summed E-state index contributed by atoms with van der Waals surface area (Å²) in [6.07, 6.45) is 0. The van der Waals surface area contributed by atoms with E-state index in [0.717, 1.165) is 11.4 Å². The van der Waals surface area contributed by atoms with Gasteiger partial charge in [-0.15, -0.1) is 0 Å². The Balaban J connectivity index is 2.63. The summed E-state index contributed by atoms with van der Waals surface area (Å²) in [7, 11) is 0. The quantitative estimate of drug-likeness (QED) is 0.861. The minimum atomic E-state index is -0.0992. The average molecular weight is 295 g/mol. The number of hydrogen-bond donors (Lipinski definition) is 1.